The van der Waals surface area contributed by atoms with Crippen LogP contribution in [-0.2, 0) is 32.0 Å². The summed E-state index contributed by atoms with van der Waals surface area (Å²) in [5.41, 5.74) is 4.09. The average Bonchev–Trinajstić information content (AvgIpc) is 3.37. The molecular weight excluding hydrogens is 430 g/mol. The molecule has 1 N–H and O–H groups in total. The first kappa shape index (κ1) is 23.7. The third-order valence-electron chi connectivity index (χ3n) is 5.92. The predicted molar refractivity (Wildman–Crippen MR) is 130 cm³/mol. The number of esters is 1. The number of amides is 1. The van der Waals surface area contributed by atoms with E-state index in [0.29, 0.717) is 18.7 Å². The van der Waals surface area contributed by atoms with E-state index in [4.69, 9.17) is 9.47 Å². The highest BCUT2D eigenvalue weighted by Gasteiger charge is 2.31. The van der Waals surface area contributed by atoms with Gasteiger partial charge in [-0.2, -0.15) is 0 Å². The molecule has 2 heterocycles. The maximum absolute atomic E-state index is 13.3. The molecule has 1 saturated heterocycles. The summed E-state index contributed by atoms with van der Waals surface area (Å²) in [5.74, 6) is -2.03. The topological polar surface area (TPSA) is 82.5 Å². The van der Waals surface area contributed by atoms with Gasteiger partial charge in [0.1, 0.15) is 0 Å². The van der Waals surface area contributed by atoms with Crippen LogP contribution in [0.25, 0.3) is 11.1 Å². The van der Waals surface area contributed by atoms with E-state index in [2.05, 4.69) is 29.4 Å². The molecule has 3 aromatic rings. The Morgan fingerprint density at radius 3 is 2.76 bits per heavy atom. The Morgan fingerprint density at radius 2 is 2.06 bits per heavy atom. The quantitative estimate of drug-likeness (QED) is 0.365. The van der Waals surface area contributed by atoms with Crippen LogP contribution in [0.2, 0.25) is 0 Å². The third-order valence-corrected chi connectivity index (χ3v) is 5.92. The zero-order valence-electron chi connectivity index (χ0n) is 19.5. The normalized spacial score (nSPS) is 16.6. The number of imidazole rings is 1. The lowest BCUT2D eigenvalue weighted by Crippen LogP contribution is -2.37. The smallest absolute Gasteiger partial charge is 0.322 e. The van der Waals surface area contributed by atoms with E-state index in [0.717, 1.165) is 42.4 Å². The molecule has 0 bridgehead atoms. The van der Waals surface area contributed by atoms with E-state index >= 15 is 0 Å². The van der Waals surface area contributed by atoms with Gasteiger partial charge in [-0.15, -0.1) is 0 Å². The fourth-order valence-corrected chi connectivity index (χ4v) is 4.16. The van der Waals surface area contributed by atoms with Crippen LogP contribution in [0.1, 0.15) is 38.2 Å². The van der Waals surface area contributed by atoms with Gasteiger partial charge in [-0.3, -0.25) is 9.59 Å². The molecule has 1 aliphatic heterocycles. The Morgan fingerprint density at radius 1 is 1.21 bits per heavy atom. The lowest BCUT2D eigenvalue weighted by molar-refractivity contribution is -0.191. The van der Waals surface area contributed by atoms with Gasteiger partial charge in [-0.05, 0) is 48.1 Å². The van der Waals surface area contributed by atoms with Crippen LogP contribution < -0.4 is 5.32 Å². The molecule has 2 atom stereocenters. The minimum absolute atomic E-state index is 0.140. The van der Waals surface area contributed by atoms with Gasteiger partial charge in [0.25, 0.3) is 0 Å². The second-order valence-electron chi connectivity index (χ2n) is 8.52. The van der Waals surface area contributed by atoms with Gasteiger partial charge in [-0.25, -0.2) is 4.98 Å². The minimum Gasteiger partial charge on any atom is -0.435 e. The lowest BCUT2D eigenvalue weighted by atomic mass is 9.96. The van der Waals surface area contributed by atoms with E-state index in [-0.39, 0.29) is 6.54 Å². The van der Waals surface area contributed by atoms with Crippen LogP contribution >= 0.6 is 0 Å². The van der Waals surface area contributed by atoms with Gasteiger partial charge in [0, 0.05) is 31.0 Å². The van der Waals surface area contributed by atoms with Gasteiger partial charge in [0.15, 0.2) is 5.92 Å². The molecule has 0 saturated carbocycles. The summed E-state index contributed by atoms with van der Waals surface area (Å²) in [4.78, 5) is 30.3. The van der Waals surface area contributed by atoms with Crippen molar-refractivity contribution in [2.24, 2.45) is 5.92 Å². The number of benzene rings is 2. The summed E-state index contributed by atoms with van der Waals surface area (Å²) in [5, 5.41) is 2.94. The van der Waals surface area contributed by atoms with E-state index in [1.54, 1.807) is 23.3 Å². The summed E-state index contributed by atoms with van der Waals surface area (Å²) in [7, 11) is 0. The van der Waals surface area contributed by atoms with Crippen molar-refractivity contribution in [2.45, 2.75) is 51.9 Å². The number of rotatable bonds is 9. The molecule has 1 fully saturated rings. The second-order valence-corrected chi connectivity index (χ2v) is 8.52. The van der Waals surface area contributed by atoms with Crippen LogP contribution in [0, 0.1) is 5.92 Å². The van der Waals surface area contributed by atoms with Gasteiger partial charge in [0.05, 0.1) is 12.9 Å². The summed E-state index contributed by atoms with van der Waals surface area (Å²) >= 11 is 0. The molecule has 7 nitrogen and oxygen atoms in total. The molecule has 1 unspecified atom stereocenters. The number of hydrogen-bond acceptors (Lipinski definition) is 5. The Labute approximate surface area is 200 Å². The number of hydrogen-bond donors (Lipinski definition) is 1. The molecule has 2 aromatic carbocycles. The monoisotopic (exact) mass is 461 g/mol. The van der Waals surface area contributed by atoms with Crippen molar-refractivity contribution >= 4 is 17.6 Å². The highest BCUT2D eigenvalue weighted by atomic mass is 16.7. The Balaban J connectivity index is 1.52. The number of anilines is 1. The summed E-state index contributed by atoms with van der Waals surface area (Å²) < 4.78 is 12.8. The van der Waals surface area contributed by atoms with Crippen molar-refractivity contribution in [1.82, 2.24) is 9.55 Å². The van der Waals surface area contributed by atoms with Crippen LogP contribution in [0.5, 0.6) is 0 Å². The van der Waals surface area contributed by atoms with Crippen molar-refractivity contribution in [3.63, 3.8) is 0 Å². The number of carbonyl (C=O) groups excluding carboxylic acids is 2. The molecule has 7 heteroatoms. The van der Waals surface area contributed by atoms with Gasteiger partial charge < -0.3 is 19.4 Å². The number of nitrogens with zero attached hydrogens (tertiary/aromatic N) is 2. The molecule has 0 spiro atoms. The van der Waals surface area contributed by atoms with Crippen molar-refractivity contribution < 1.29 is 19.1 Å². The number of ether oxygens (including phenoxy) is 2. The largest absolute Gasteiger partial charge is 0.435 e. The standard InChI is InChI=1S/C27H31N3O4/c1-2-8-21-17-22(12-13-23(21)20-9-4-3-5-10-20)29-26(31)24(18-30-15-14-28-19-30)27(32)34-25-11-6-7-16-33-25/h3-5,9-10,12-15,17,19,24-25H,2,6-8,11,16,18H2,1H3,(H,29,31)/t24-,25?/m0/s1. The molecule has 178 valence electrons. The molecule has 1 amide bonds. The zero-order chi connectivity index (χ0) is 23.8. The zero-order valence-corrected chi connectivity index (χ0v) is 19.5. The second kappa shape index (κ2) is 11.6. The fourth-order valence-electron chi connectivity index (χ4n) is 4.16. The van der Waals surface area contributed by atoms with Gasteiger partial charge in [0.2, 0.25) is 12.2 Å². The van der Waals surface area contributed by atoms with Crippen molar-refractivity contribution in [1.29, 1.82) is 0 Å². The van der Waals surface area contributed by atoms with E-state index in [1.165, 1.54) is 0 Å². The summed E-state index contributed by atoms with van der Waals surface area (Å²) in [6, 6.07) is 16.1. The number of carbonyl (C=O) groups is 2. The SMILES string of the molecule is CCCc1cc(NC(=O)[C@H](Cn2ccnc2)C(=O)OC2CCCCO2)ccc1-c1ccccc1. The first-order chi connectivity index (χ1) is 16.6. The van der Waals surface area contributed by atoms with Crippen molar-refractivity contribution in [3.05, 3.63) is 72.8 Å². The third kappa shape index (κ3) is 6.11. The maximum Gasteiger partial charge on any atom is 0.322 e. The van der Waals surface area contributed by atoms with E-state index in [9.17, 15) is 9.59 Å². The highest BCUT2D eigenvalue weighted by molar-refractivity contribution is 6.04. The van der Waals surface area contributed by atoms with Gasteiger partial charge >= 0.3 is 5.97 Å². The maximum atomic E-state index is 13.3. The predicted octanol–water partition coefficient (Wildman–Crippen LogP) is 4.83. The summed E-state index contributed by atoms with van der Waals surface area (Å²) in [6.45, 7) is 2.83. The Hall–Kier alpha value is -3.45. The summed E-state index contributed by atoms with van der Waals surface area (Å²) in [6.07, 6.45) is 8.71. The van der Waals surface area contributed by atoms with Crippen LogP contribution in [0.15, 0.2) is 67.3 Å². The van der Waals surface area contributed by atoms with Crippen molar-refractivity contribution in [2.75, 3.05) is 11.9 Å². The van der Waals surface area contributed by atoms with Crippen molar-refractivity contribution in [3.8, 4) is 11.1 Å². The molecule has 0 radical (unpaired) electrons. The first-order valence-electron chi connectivity index (χ1n) is 11.9. The van der Waals surface area contributed by atoms with Crippen LogP contribution in [0.3, 0.4) is 0 Å². The van der Waals surface area contributed by atoms with Gasteiger partial charge in [-0.1, -0.05) is 49.7 Å². The Kier molecular flexibility index (Phi) is 8.09. The molecular formula is C27H31N3O4. The molecule has 0 aliphatic carbocycles. The van der Waals surface area contributed by atoms with E-state index in [1.807, 2.05) is 36.4 Å². The molecule has 1 aromatic heterocycles. The molecule has 1 aliphatic rings. The number of nitrogens with one attached hydrogen (secondary N) is 1. The fraction of sp³-hybridized carbons (Fsp3) is 0.370. The minimum atomic E-state index is -1.02. The molecule has 34 heavy (non-hydrogen) atoms. The molecule has 4 rings (SSSR count). The average molecular weight is 462 g/mol. The lowest BCUT2D eigenvalue weighted by Gasteiger charge is -2.25. The number of aromatic nitrogens is 2. The van der Waals surface area contributed by atoms with Crippen LogP contribution in [-0.4, -0.2) is 34.3 Å². The number of aryl methyl sites for hydroxylation is 1. The van der Waals surface area contributed by atoms with E-state index < -0.39 is 24.1 Å². The van der Waals surface area contributed by atoms with Crippen LogP contribution in [0.4, 0.5) is 5.69 Å². The Bertz CT molecular complexity index is 1080. The first-order valence-corrected chi connectivity index (χ1v) is 11.9. The highest BCUT2D eigenvalue weighted by Crippen LogP contribution is 2.28.